The van der Waals surface area contributed by atoms with Crippen molar-refractivity contribution in [3.8, 4) is 6.07 Å². The van der Waals surface area contributed by atoms with E-state index in [2.05, 4.69) is 39.0 Å². The molecule has 1 aliphatic carbocycles. The van der Waals surface area contributed by atoms with Gasteiger partial charge in [-0.05, 0) is 56.6 Å². The maximum Gasteiger partial charge on any atom is 0.0946 e. The summed E-state index contributed by atoms with van der Waals surface area (Å²) in [7, 11) is 0. The van der Waals surface area contributed by atoms with Gasteiger partial charge in [0, 0.05) is 5.57 Å². The molecule has 0 unspecified atom stereocenters. The van der Waals surface area contributed by atoms with Crippen molar-refractivity contribution in [2.75, 3.05) is 0 Å². The summed E-state index contributed by atoms with van der Waals surface area (Å²) in [5, 5.41) is 8.84. The van der Waals surface area contributed by atoms with Crippen LogP contribution in [0.1, 0.15) is 53.9 Å². The number of rotatable bonds is 2. The third-order valence-corrected chi connectivity index (χ3v) is 3.80. The Hall–Kier alpha value is -1.29. The molecule has 1 nitrogen and oxygen atoms in total. The minimum absolute atomic E-state index is 0.277. The Morgan fingerprint density at radius 3 is 2.53 bits per heavy atom. The topological polar surface area (TPSA) is 23.8 Å². The average molecular weight is 230 g/mol. The van der Waals surface area contributed by atoms with Crippen LogP contribution >= 0.6 is 0 Å². The molecule has 1 rings (SSSR count). The molecule has 0 aromatic rings. The zero-order valence-corrected chi connectivity index (χ0v) is 11.7. The van der Waals surface area contributed by atoms with Crippen LogP contribution in [0.3, 0.4) is 0 Å². The molecule has 0 saturated heterocycles. The summed E-state index contributed by atoms with van der Waals surface area (Å²) in [6, 6.07) is 2.20. The smallest absolute Gasteiger partial charge is 0.0946 e. The van der Waals surface area contributed by atoms with E-state index in [1.54, 1.807) is 0 Å². The maximum atomic E-state index is 8.84. The largest absolute Gasteiger partial charge is 0.193 e. The summed E-state index contributed by atoms with van der Waals surface area (Å²) in [6.07, 6.45) is 8.06. The highest BCUT2D eigenvalue weighted by Crippen LogP contribution is 2.40. The monoisotopic (exact) mass is 230 g/mol. The van der Waals surface area contributed by atoms with Crippen LogP contribution in [-0.2, 0) is 0 Å². The summed E-state index contributed by atoms with van der Waals surface area (Å²) < 4.78 is 0. The molecule has 92 valence electrons. The van der Waals surface area contributed by atoms with Crippen LogP contribution in [0.15, 0.2) is 34.4 Å². The Kier molecular flexibility index (Phi) is 4.34. The first-order valence-electron chi connectivity index (χ1n) is 6.34. The van der Waals surface area contributed by atoms with Gasteiger partial charge in [-0.25, -0.2) is 0 Å². The van der Waals surface area contributed by atoms with Gasteiger partial charge < -0.3 is 0 Å². The summed E-state index contributed by atoms with van der Waals surface area (Å²) in [6.45, 7) is 10.7. The van der Waals surface area contributed by atoms with Gasteiger partial charge in [-0.15, -0.1) is 0 Å². The van der Waals surface area contributed by atoms with Gasteiger partial charge in [0.15, 0.2) is 0 Å². The van der Waals surface area contributed by atoms with E-state index in [1.165, 1.54) is 30.4 Å². The fourth-order valence-electron chi connectivity index (χ4n) is 2.43. The highest BCUT2D eigenvalue weighted by molar-refractivity contribution is 5.39. The van der Waals surface area contributed by atoms with Crippen molar-refractivity contribution in [3.63, 3.8) is 0 Å². The average Bonchev–Trinajstić information content (AvgIpc) is 2.26. The molecule has 0 aliphatic heterocycles. The van der Waals surface area contributed by atoms with Crippen molar-refractivity contribution in [3.05, 3.63) is 34.4 Å². The van der Waals surface area contributed by atoms with Crippen molar-refractivity contribution in [1.82, 2.24) is 0 Å². The predicted molar refractivity (Wildman–Crippen MR) is 73.5 cm³/mol. The van der Waals surface area contributed by atoms with Gasteiger partial charge >= 0.3 is 0 Å². The Bertz CT molecular complexity index is 425. The van der Waals surface area contributed by atoms with Crippen LogP contribution in [0.4, 0.5) is 0 Å². The molecule has 0 aromatic heterocycles. The lowest BCUT2D eigenvalue weighted by Crippen LogP contribution is -2.19. The molecular formula is C16H23N. The van der Waals surface area contributed by atoms with E-state index < -0.39 is 0 Å². The van der Waals surface area contributed by atoms with E-state index in [0.717, 1.165) is 11.1 Å². The lowest BCUT2D eigenvalue weighted by Gasteiger charge is -2.33. The van der Waals surface area contributed by atoms with Gasteiger partial charge in [0.25, 0.3) is 0 Å². The third kappa shape index (κ3) is 3.33. The molecule has 0 heterocycles. The molecule has 0 N–H and O–H groups in total. The Morgan fingerprint density at radius 1 is 1.35 bits per heavy atom. The molecular weight excluding hydrogens is 207 g/mol. The van der Waals surface area contributed by atoms with Gasteiger partial charge in [-0.1, -0.05) is 31.6 Å². The summed E-state index contributed by atoms with van der Waals surface area (Å²) >= 11 is 0. The Morgan fingerprint density at radius 2 is 2.00 bits per heavy atom. The quantitative estimate of drug-likeness (QED) is 0.375. The van der Waals surface area contributed by atoms with Crippen LogP contribution in [0.2, 0.25) is 0 Å². The van der Waals surface area contributed by atoms with Crippen molar-refractivity contribution < 1.29 is 0 Å². The molecule has 1 aliphatic rings. The first kappa shape index (κ1) is 13.8. The van der Waals surface area contributed by atoms with Crippen LogP contribution < -0.4 is 0 Å². The molecule has 1 heteroatoms. The lowest BCUT2D eigenvalue weighted by molar-refractivity contribution is 0.377. The molecule has 0 bridgehead atoms. The Balaban J connectivity index is 3.02. The zero-order chi connectivity index (χ0) is 13.1. The Labute approximate surface area is 106 Å². The number of nitrogens with zero attached hydrogens (tertiary/aromatic N) is 1. The molecule has 0 amide bonds. The van der Waals surface area contributed by atoms with Crippen molar-refractivity contribution in [2.24, 2.45) is 5.41 Å². The summed E-state index contributed by atoms with van der Waals surface area (Å²) in [5.41, 5.74) is 5.09. The first-order valence-corrected chi connectivity index (χ1v) is 6.34. The molecule has 0 aromatic carbocycles. The first-order chi connectivity index (χ1) is 7.88. The van der Waals surface area contributed by atoms with Crippen LogP contribution in [-0.4, -0.2) is 0 Å². The van der Waals surface area contributed by atoms with Gasteiger partial charge in [0.05, 0.1) is 6.07 Å². The van der Waals surface area contributed by atoms with Crippen LogP contribution in [0.25, 0.3) is 0 Å². The highest BCUT2D eigenvalue weighted by Gasteiger charge is 2.26. The van der Waals surface area contributed by atoms with Gasteiger partial charge in [-0.2, -0.15) is 5.26 Å². The fourth-order valence-corrected chi connectivity index (χ4v) is 2.43. The third-order valence-electron chi connectivity index (χ3n) is 3.80. The standard InChI is InChI=1S/C16H23N/c1-12(14(3)11-17)8-9-15-13(2)7-6-10-16(15,4)5/h8-9H,6-7,10H2,1-5H3/b9-8+,14-12+/i3+1. The number of nitriles is 1. The van der Waals surface area contributed by atoms with E-state index in [1.807, 2.05) is 13.8 Å². The molecule has 0 radical (unpaired) electrons. The van der Waals surface area contributed by atoms with E-state index in [0.29, 0.717) is 0 Å². The zero-order valence-electron chi connectivity index (χ0n) is 11.7. The van der Waals surface area contributed by atoms with Crippen LogP contribution in [0.5, 0.6) is 0 Å². The second kappa shape index (κ2) is 5.36. The maximum absolute atomic E-state index is 8.84. The van der Waals surface area contributed by atoms with E-state index in [9.17, 15) is 0 Å². The minimum atomic E-state index is 0.277. The van der Waals surface area contributed by atoms with E-state index in [-0.39, 0.29) is 5.41 Å². The fraction of sp³-hybridized carbons (Fsp3) is 0.562. The summed E-state index contributed by atoms with van der Waals surface area (Å²) in [4.78, 5) is 0. The predicted octanol–water partition coefficient (Wildman–Crippen LogP) is 4.93. The minimum Gasteiger partial charge on any atom is -0.193 e. The number of hydrogen-bond acceptors (Lipinski definition) is 1. The van der Waals surface area contributed by atoms with Gasteiger partial charge in [-0.3, -0.25) is 0 Å². The SMILES string of the molecule is CC1=C(/C=C/C(C)=C(\[13CH3])C#N)C(C)(C)CCC1. The van der Waals surface area contributed by atoms with Gasteiger partial charge in [0.2, 0.25) is 0 Å². The van der Waals surface area contributed by atoms with Crippen molar-refractivity contribution in [1.29, 1.82) is 5.26 Å². The molecule has 0 spiro atoms. The van der Waals surface area contributed by atoms with E-state index in [4.69, 9.17) is 5.26 Å². The van der Waals surface area contributed by atoms with Crippen molar-refractivity contribution >= 4 is 0 Å². The second-order valence-electron chi connectivity index (χ2n) is 5.68. The molecule has 17 heavy (non-hydrogen) atoms. The summed E-state index contributed by atoms with van der Waals surface area (Å²) in [5.74, 6) is 0. The number of allylic oxidation sites excluding steroid dienone is 6. The second-order valence-corrected chi connectivity index (χ2v) is 5.68. The molecule has 0 saturated carbocycles. The molecule has 0 fully saturated rings. The normalized spacial score (nSPS) is 21.4. The number of hydrogen-bond donors (Lipinski definition) is 0. The molecule has 0 atom stereocenters. The van der Waals surface area contributed by atoms with Gasteiger partial charge in [0.1, 0.15) is 0 Å². The van der Waals surface area contributed by atoms with E-state index >= 15 is 0 Å². The highest BCUT2D eigenvalue weighted by atomic mass is 14.3. The van der Waals surface area contributed by atoms with Crippen LogP contribution in [0, 0.1) is 16.7 Å². The lowest BCUT2D eigenvalue weighted by atomic mass is 9.72. The van der Waals surface area contributed by atoms with Crippen molar-refractivity contribution in [2.45, 2.75) is 53.9 Å².